The minimum atomic E-state index is 0.0916. The molecular formula is C17H19N3O. The highest BCUT2D eigenvalue weighted by molar-refractivity contribution is 5.78. The lowest BCUT2D eigenvalue weighted by Gasteiger charge is -2.25. The zero-order valence-electron chi connectivity index (χ0n) is 12.1. The molecule has 1 atom stereocenters. The summed E-state index contributed by atoms with van der Waals surface area (Å²) in [7, 11) is 1.88. The van der Waals surface area contributed by atoms with Gasteiger partial charge >= 0.3 is 0 Å². The van der Waals surface area contributed by atoms with Crippen molar-refractivity contribution in [2.24, 2.45) is 0 Å². The van der Waals surface area contributed by atoms with Crippen molar-refractivity contribution in [1.82, 2.24) is 9.88 Å². The lowest BCUT2D eigenvalue weighted by atomic mass is 10.1. The van der Waals surface area contributed by atoms with E-state index in [0.29, 0.717) is 12.1 Å². The van der Waals surface area contributed by atoms with E-state index in [-0.39, 0.29) is 11.9 Å². The Balaban J connectivity index is 1.72. The number of hydrogen-bond donors (Lipinski definition) is 1. The number of pyridine rings is 1. The lowest BCUT2D eigenvalue weighted by molar-refractivity contribution is -0.131. The van der Waals surface area contributed by atoms with E-state index >= 15 is 0 Å². The second kappa shape index (κ2) is 5.56. The van der Waals surface area contributed by atoms with Crippen LogP contribution in [0.2, 0.25) is 0 Å². The molecule has 2 N–H and O–H groups in total. The van der Waals surface area contributed by atoms with Crippen molar-refractivity contribution in [3.05, 3.63) is 59.4 Å². The molecule has 0 radical (unpaired) electrons. The van der Waals surface area contributed by atoms with Crippen molar-refractivity contribution in [2.45, 2.75) is 25.3 Å². The third-order valence-corrected chi connectivity index (χ3v) is 4.14. The van der Waals surface area contributed by atoms with Crippen molar-refractivity contribution in [2.75, 3.05) is 12.8 Å². The SMILES string of the molecule is CN(C(=O)Cc1ccc(N)cn1)C1CCc2ccccc21. The molecule has 1 aromatic heterocycles. The van der Waals surface area contributed by atoms with Crippen molar-refractivity contribution < 1.29 is 4.79 Å². The second-order valence-corrected chi connectivity index (χ2v) is 5.52. The van der Waals surface area contributed by atoms with Gasteiger partial charge in [0, 0.05) is 12.7 Å². The number of carbonyl (C=O) groups is 1. The number of fused-ring (bicyclic) bond motifs is 1. The molecular weight excluding hydrogens is 262 g/mol. The second-order valence-electron chi connectivity index (χ2n) is 5.52. The number of rotatable bonds is 3. The smallest absolute Gasteiger partial charge is 0.228 e. The minimum Gasteiger partial charge on any atom is -0.397 e. The highest BCUT2D eigenvalue weighted by Gasteiger charge is 2.28. The third kappa shape index (κ3) is 2.75. The highest BCUT2D eigenvalue weighted by atomic mass is 16.2. The van der Waals surface area contributed by atoms with Crippen LogP contribution in [-0.2, 0) is 17.6 Å². The van der Waals surface area contributed by atoms with Gasteiger partial charge in [-0.2, -0.15) is 0 Å². The Morgan fingerprint density at radius 3 is 2.90 bits per heavy atom. The monoisotopic (exact) mass is 281 g/mol. The molecule has 1 heterocycles. The van der Waals surface area contributed by atoms with Gasteiger partial charge in [-0.15, -0.1) is 0 Å². The van der Waals surface area contributed by atoms with Gasteiger partial charge < -0.3 is 10.6 Å². The average Bonchev–Trinajstić information content (AvgIpc) is 2.92. The summed E-state index contributed by atoms with van der Waals surface area (Å²) < 4.78 is 0. The van der Waals surface area contributed by atoms with Crippen LogP contribution in [0.5, 0.6) is 0 Å². The molecule has 2 aromatic rings. The zero-order valence-corrected chi connectivity index (χ0v) is 12.1. The quantitative estimate of drug-likeness (QED) is 0.939. The molecule has 3 rings (SSSR count). The summed E-state index contributed by atoms with van der Waals surface area (Å²) in [5.74, 6) is 0.0916. The van der Waals surface area contributed by atoms with Gasteiger partial charge in [-0.25, -0.2) is 0 Å². The van der Waals surface area contributed by atoms with E-state index in [1.807, 2.05) is 24.1 Å². The van der Waals surface area contributed by atoms with Gasteiger partial charge in [0.05, 0.1) is 24.3 Å². The lowest BCUT2D eigenvalue weighted by Crippen LogP contribution is -2.31. The first-order valence-corrected chi connectivity index (χ1v) is 7.19. The number of nitrogen functional groups attached to an aromatic ring is 1. The first-order valence-electron chi connectivity index (χ1n) is 7.19. The van der Waals surface area contributed by atoms with Gasteiger partial charge in [0.1, 0.15) is 0 Å². The Bertz CT molecular complexity index is 651. The molecule has 4 heteroatoms. The number of amides is 1. The molecule has 0 saturated carbocycles. The summed E-state index contributed by atoms with van der Waals surface area (Å²) in [5, 5.41) is 0. The van der Waals surface area contributed by atoms with E-state index in [2.05, 4.69) is 23.2 Å². The number of nitrogens with zero attached hydrogens (tertiary/aromatic N) is 2. The number of nitrogens with two attached hydrogens (primary N) is 1. The van der Waals surface area contributed by atoms with E-state index in [9.17, 15) is 4.79 Å². The molecule has 1 unspecified atom stereocenters. The van der Waals surface area contributed by atoms with Crippen molar-refractivity contribution in [3.8, 4) is 0 Å². The molecule has 1 amide bonds. The van der Waals surface area contributed by atoms with E-state index in [1.165, 1.54) is 11.1 Å². The maximum absolute atomic E-state index is 12.4. The number of likely N-dealkylation sites (N-methyl/N-ethyl adjacent to an activating group) is 1. The molecule has 1 aliphatic carbocycles. The van der Waals surface area contributed by atoms with Crippen LogP contribution in [0.3, 0.4) is 0 Å². The van der Waals surface area contributed by atoms with E-state index in [0.717, 1.165) is 18.5 Å². The van der Waals surface area contributed by atoms with Crippen molar-refractivity contribution in [3.63, 3.8) is 0 Å². The molecule has 0 spiro atoms. The van der Waals surface area contributed by atoms with E-state index in [1.54, 1.807) is 12.3 Å². The predicted molar refractivity (Wildman–Crippen MR) is 82.6 cm³/mol. The molecule has 1 aliphatic rings. The van der Waals surface area contributed by atoms with Crippen LogP contribution in [0, 0.1) is 0 Å². The van der Waals surface area contributed by atoms with Crippen molar-refractivity contribution >= 4 is 11.6 Å². The van der Waals surface area contributed by atoms with Crippen molar-refractivity contribution in [1.29, 1.82) is 0 Å². The Morgan fingerprint density at radius 2 is 2.14 bits per heavy atom. The number of aryl methyl sites for hydroxylation is 1. The van der Waals surface area contributed by atoms with Gasteiger partial charge in [0.25, 0.3) is 0 Å². The summed E-state index contributed by atoms with van der Waals surface area (Å²) >= 11 is 0. The van der Waals surface area contributed by atoms with Crippen LogP contribution >= 0.6 is 0 Å². The van der Waals surface area contributed by atoms with Crippen LogP contribution in [0.15, 0.2) is 42.6 Å². The first kappa shape index (κ1) is 13.6. The Hall–Kier alpha value is -2.36. The topological polar surface area (TPSA) is 59.2 Å². The predicted octanol–water partition coefficient (Wildman–Crippen LogP) is 2.35. The fourth-order valence-corrected chi connectivity index (χ4v) is 2.93. The van der Waals surface area contributed by atoms with Gasteiger partial charge in [-0.3, -0.25) is 9.78 Å². The zero-order chi connectivity index (χ0) is 14.8. The number of carbonyl (C=O) groups excluding carboxylic acids is 1. The average molecular weight is 281 g/mol. The van der Waals surface area contributed by atoms with Crippen LogP contribution < -0.4 is 5.73 Å². The van der Waals surface area contributed by atoms with Crippen LogP contribution in [0.4, 0.5) is 5.69 Å². The standard InChI is InChI=1S/C17H19N3O/c1-20(16-9-6-12-4-2-3-5-15(12)16)17(21)10-14-8-7-13(18)11-19-14/h2-5,7-8,11,16H,6,9-10,18H2,1H3. The Labute approximate surface area is 124 Å². The number of hydrogen-bond acceptors (Lipinski definition) is 3. The number of benzene rings is 1. The normalized spacial score (nSPS) is 16.5. The molecule has 0 bridgehead atoms. The van der Waals surface area contributed by atoms with Gasteiger partial charge in [0.2, 0.25) is 5.91 Å². The summed E-state index contributed by atoms with van der Waals surface area (Å²) in [6, 6.07) is 12.1. The third-order valence-electron chi connectivity index (χ3n) is 4.14. The molecule has 4 nitrogen and oxygen atoms in total. The molecule has 0 saturated heterocycles. The number of anilines is 1. The van der Waals surface area contributed by atoms with E-state index < -0.39 is 0 Å². The molecule has 21 heavy (non-hydrogen) atoms. The Kier molecular flexibility index (Phi) is 3.60. The summed E-state index contributed by atoms with van der Waals surface area (Å²) in [6.45, 7) is 0. The highest BCUT2D eigenvalue weighted by Crippen LogP contribution is 2.34. The maximum Gasteiger partial charge on any atom is 0.228 e. The van der Waals surface area contributed by atoms with Gasteiger partial charge in [0.15, 0.2) is 0 Å². The molecule has 1 aromatic carbocycles. The fourth-order valence-electron chi connectivity index (χ4n) is 2.93. The van der Waals surface area contributed by atoms with Crippen LogP contribution in [0.25, 0.3) is 0 Å². The molecule has 0 aliphatic heterocycles. The summed E-state index contributed by atoms with van der Waals surface area (Å²) in [6.07, 6.45) is 3.94. The summed E-state index contributed by atoms with van der Waals surface area (Å²) in [5.41, 5.74) is 9.61. The van der Waals surface area contributed by atoms with Crippen LogP contribution in [0.1, 0.15) is 29.3 Å². The largest absolute Gasteiger partial charge is 0.397 e. The fraction of sp³-hybridized carbons (Fsp3) is 0.294. The Morgan fingerprint density at radius 1 is 1.33 bits per heavy atom. The maximum atomic E-state index is 12.4. The van der Waals surface area contributed by atoms with E-state index in [4.69, 9.17) is 5.73 Å². The summed E-state index contributed by atoms with van der Waals surface area (Å²) in [4.78, 5) is 18.5. The van der Waals surface area contributed by atoms with Gasteiger partial charge in [-0.05, 0) is 36.1 Å². The first-order chi connectivity index (χ1) is 10.1. The van der Waals surface area contributed by atoms with Crippen LogP contribution in [-0.4, -0.2) is 22.8 Å². The molecule has 108 valence electrons. The minimum absolute atomic E-state index is 0.0916. The molecule has 0 fully saturated rings. The van der Waals surface area contributed by atoms with Gasteiger partial charge in [-0.1, -0.05) is 24.3 Å². The number of aromatic nitrogens is 1.